The van der Waals surface area contributed by atoms with Gasteiger partial charge in [0.15, 0.2) is 0 Å². The van der Waals surface area contributed by atoms with Crippen molar-refractivity contribution in [2.45, 2.75) is 30.2 Å². The van der Waals surface area contributed by atoms with Gasteiger partial charge < -0.3 is 0 Å². The standard InChI is InChI=1S/C18H23NO3S2/c1-14-8-15(2)10-17(9-14)13-23(20)12-16-6-5-7-18(11-16)24(21,22)19(3)4/h5-11H,12-13H2,1-4H3. The second-order valence-electron chi connectivity index (χ2n) is 6.16. The normalized spacial score (nSPS) is 13.2. The van der Waals surface area contributed by atoms with E-state index in [4.69, 9.17) is 0 Å². The minimum atomic E-state index is -3.47. The zero-order valence-electron chi connectivity index (χ0n) is 14.4. The SMILES string of the molecule is Cc1cc(C)cc(CS(=O)Cc2cccc(S(=O)(=O)N(C)C)c2)c1. The summed E-state index contributed by atoms with van der Waals surface area (Å²) in [4.78, 5) is 0.230. The zero-order chi connectivity index (χ0) is 17.9. The van der Waals surface area contributed by atoms with E-state index < -0.39 is 20.8 Å². The first-order valence-electron chi connectivity index (χ1n) is 7.62. The summed E-state index contributed by atoms with van der Waals surface area (Å²) >= 11 is 0. The zero-order valence-corrected chi connectivity index (χ0v) is 16.1. The minimum Gasteiger partial charge on any atom is -0.259 e. The smallest absolute Gasteiger partial charge is 0.242 e. The number of benzene rings is 2. The molecule has 24 heavy (non-hydrogen) atoms. The van der Waals surface area contributed by atoms with E-state index in [0.29, 0.717) is 11.5 Å². The summed E-state index contributed by atoms with van der Waals surface area (Å²) in [5.41, 5.74) is 4.12. The maximum atomic E-state index is 12.5. The van der Waals surface area contributed by atoms with Gasteiger partial charge in [-0.2, -0.15) is 0 Å². The highest BCUT2D eigenvalue weighted by atomic mass is 32.2. The fraction of sp³-hybridized carbons (Fsp3) is 0.333. The van der Waals surface area contributed by atoms with E-state index in [0.717, 1.165) is 22.3 Å². The van der Waals surface area contributed by atoms with Crippen LogP contribution in [0.3, 0.4) is 0 Å². The van der Waals surface area contributed by atoms with Crippen LogP contribution in [-0.2, 0) is 32.3 Å². The van der Waals surface area contributed by atoms with Crippen LogP contribution in [0.2, 0.25) is 0 Å². The van der Waals surface area contributed by atoms with E-state index in [1.165, 1.54) is 18.4 Å². The maximum absolute atomic E-state index is 12.5. The van der Waals surface area contributed by atoms with Crippen molar-refractivity contribution in [3.05, 3.63) is 64.7 Å². The Labute approximate surface area is 147 Å². The molecule has 130 valence electrons. The molecule has 0 aliphatic carbocycles. The van der Waals surface area contributed by atoms with E-state index >= 15 is 0 Å². The lowest BCUT2D eigenvalue weighted by molar-refractivity contribution is 0.520. The Morgan fingerprint density at radius 1 is 0.917 bits per heavy atom. The molecule has 0 spiro atoms. The highest BCUT2D eigenvalue weighted by Gasteiger charge is 2.17. The van der Waals surface area contributed by atoms with Gasteiger partial charge in [0.2, 0.25) is 10.0 Å². The number of sulfonamides is 1. The van der Waals surface area contributed by atoms with Crippen LogP contribution in [0.4, 0.5) is 0 Å². The molecule has 0 saturated carbocycles. The molecule has 2 rings (SSSR count). The number of aryl methyl sites for hydroxylation is 2. The fourth-order valence-corrected chi connectivity index (χ4v) is 4.75. The molecule has 0 amide bonds. The van der Waals surface area contributed by atoms with Crippen LogP contribution in [0.5, 0.6) is 0 Å². The molecule has 1 unspecified atom stereocenters. The first-order chi connectivity index (χ1) is 11.2. The Hall–Kier alpha value is -1.50. The van der Waals surface area contributed by atoms with Gasteiger partial charge in [0.05, 0.1) is 4.90 Å². The molecule has 0 N–H and O–H groups in total. The molecule has 2 aromatic carbocycles. The molecule has 0 saturated heterocycles. The minimum absolute atomic E-state index is 0.230. The highest BCUT2D eigenvalue weighted by molar-refractivity contribution is 7.89. The average molecular weight is 366 g/mol. The molecule has 0 bridgehead atoms. The van der Waals surface area contributed by atoms with Gasteiger partial charge in [-0.1, -0.05) is 41.5 Å². The van der Waals surface area contributed by atoms with Crippen LogP contribution >= 0.6 is 0 Å². The van der Waals surface area contributed by atoms with E-state index in [1.807, 2.05) is 32.0 Å². The topological polar surface area (TPSA) is 54.5 Å². The lowest BCUT2D eigenvalue weighted by Crippen LogP contribution is -2.22. The molecule has 0 fully saturated rings. The van der Waals surface area contributed by atoms with Gasteiger partial charge in [-0.3, -0.25) is 4.21 Å². The lowest BCUT2D eigenvalue weighted by atomic mass is 10.1. The molecule has 2 aromatic rings. The van der Waals surface area contributed by atoms with Gasteiger partial charge >= 0.3 is 0 Å². The van der Waals surface area contributed by atoms with Crippen molar-refractivity contribution >= 4 is 20.8 Å². The predicted octanol–water partition coefficient (Wildman–Crippen LogP) is 3.00. The third kappa shape index (κ3) is 4.75. The number of hydrogen-bond donors (Lipinski definition) is 0. The van der Waals surface area contributed by atoms with E-state index in [9.17, 15) is 12.6 Å². The Balaban J connectivity index is 2.15. The van der Waals surface area contributed by atoms with Crippen LogP contribution in [0.25, 0.3) is 0 Å². The molecule has 0 aromatic heterocycles. The van der Waals surface area contributed by atoms with Gasteiger partial charge in [-0.05, 0) is 37.1 Å². The van der Waals surface area contributed by atoms with Crippen LogP contribution in [-0.4, -0.2) is 31.0 Å². The number of hydrogen-bond acceptors (Lipinski definition) is 3. The Kier molecular flexibility index (Phi) is 5.96. The third-order valence-corrected chi connectivity index (χ3v) is 6.74. The molecule has 0 radical (unpaired) electrons. The van der Waals surface area contributed by atoms with Crippen LogP contribution in [0.1, 0.15) is 22.3 Å². The summed E-state index contributed by atoms with van der Waals surface area (Å²) in [7, 11) is -1.56. The second-order valence-corrected chi connectivity index (χ2v) is 9.77. The Morgan fingerprint density at radius 2 is 1.50 bits per heavy atom. The quantitative estimate of drug-likeness (QED) is 0.791. The molecule has 0 aliphatic rings. The number of rotatable bonds is 6. The molecular weight excluding hydrogens is 342 g/mol. The Bertz CT molecular complexity index is 838. The second kappa shape index (κ2) is 7.59. The molecular formula is C18H23NO3S2. The summed E-state index contributed by atoms with van der Waals surface area (Å²) in [5.74, 6) is 0.803. The summed E-state index contributed by atoms with van der Waals surface area (Å²) in [5, 5.41) is 0. The monoisotopic (exact) mass is 365 g/mol. The van der Waals surface area contributed by atoms with Crippen molar-refractivity contribution in [1.29, 1.82) is 0 Å². The fourth-order valence-electron chi connectivity index (χ4n) is 2.58. The van der Waals surface area contributed by atoms with Crippen molar-refractivity contribution in [2.24, 2.45) is 0 Å². The van der Waals surface area contributed by atoms with Crippen LogP contribution < -0.4 is 0 Å². The van der Waals surface area contributed by atoms with Crippen molar-refractivity contribution in [1.82, 2.24) is 4.31 Å². The summed E-state index contributed by atoms with van der Waals surface area (Å²) in [6, 6.07) is 12.8. The molecule has 4 nitrogen and oxygen atoms in total. The van der Waals surface area contributed by atoms with Gasteiger partial charge in [-0.25, -0.2) is 12.7 Å². The molecule has 1 atom stereocenters. The summed E-state index contributed by atoms with van der Waals surface area (Å²) in [6.07, 6.45) is 0. The van der Waals surface area contributed by atoms with Gasteiger partial charge in [0, 0.05) is 36.4 Å². The molecule has 0 aliphatic heterocycles. The first-order valence-corrected chi connectivity index (χ1v) is 10.5. The van der Waals surface area contributed by atoms with Crippen LogP contribution in [0.15, 0.2) is 47.4 Å². The number of nitrogens with zero attached hydrogens (tertiary/aromatic N) is 1. The lowest BCUT2D eigenvalue weighted by Gasteiger charge is -2.12. The maximum Gasteiger partial charge on any atom is 0.242 e. The van der Waals surface area contributed by atoms with Crippen molar-refractivity contribution < 1.29 is 12.6 Å². The molecule has 6 heteroatoms. The van der Waals surface area contributed by atoms with Gasteiger partial charge in [0.1, 0.15) is 0 Å². The van der Waals surface area contributed by atoms with Gasteiger partial charge in [-0.15, -0.1) is 0 Å². The first kappa shape index (κ1) is 18.8. The summed E-state index contributed by atoms with van der Waals surface area (Å²) < 4.78 is 38.0. The predicted molar refractivity (Wildman–Crippen MR) is 98.8 cm³/mol. The Morgan fingerprint density at radius 3 is 2.08 bits per heavy atom. The van der Waals surface area contributed by atoms with Crippen molar-refractivity contribution in [3.8, 4) is 0 Å². The largest absolute Gasteiger partial charge is 0.259 e. The van der Waals surface area contributed by atoms with E-state index in [-0.39, 0.29) is 4.90 Å². The van der Waals surface area contributed by atoms with E-state index in [2.05, 4.69) is 6.07 Å². The highest BCUT2D eigenvalue weighted by Crippen LogP contribution is 2.17. The van der Waals surface area contributed by atoms with Gasteiger partial charge in [0.25, 0.3) is 0 Å². The third-order valence-electron chi connectivity index (χ3n) is 3.61. The summed E-state index contributed by atoms with van der Waals surface area (Å²) in [6.45, 7) is 4.05. The van der Waals surface area contributed by atoms with E-state index in [1.54, 1.807) is 18.2 Å². The average Bonchev–Trinajstić information content (AvgIpc) is 2.45. The molecule has 0 heterocycles. The van der Waals surface area contributed by atoms with Crippen molar-refractivity contribution in [3.63, 3.8) is 0 Å². The van der Waals surface area contributed by atoms with Crippen molar-refractivity contribution in [2.75, 3.05) is 14.1 Å². The van der Waals surface area contributed by atoms with Crippen LogP contribution in [0, 0.1) is 13.8 Å².